The molecule has 0 radical (unpaired) electrons. The number of anilines is 1. The van der Waals surface area contributed by atoms with Gasteiger partial charge in [0.1, 0.15) is 6.54 Å². The molecule has 0 spiro atoms. The molecule has 1 aliphatic heterocycles. The Kier molecular flexibility index (Phi) is 7.00. The van der Waals surface area contributed by atoms with Gasteiger partial charge in [-0.1, -0.05) is 63.9 Å². The standard InChI is InChI=1S/C27H19BrClN3O3S/c28-19-9-11-20(12-10-19)30-25(33)16-32-26(34)24(36-27(32)35)13-18-15-31(23-8-4-2-6-21(18)23)14-17-5-1-3-7-22(17)29/h1-13,15H,14,16H2,(H,30,33)/b24-13+. The van der Waals surface area contributed by atoms with Crippen LogP contribution in [0.25, 0.3) is 17.0 Å². The Morgan fingerprint density at radius 2 is 1.72 bits per heavy atom. The van der Waals surface area contributed by atoms with Crippen molar-refractivity contribution in [1.29, 1.82) is 0 Å². The van der Waals surface area contributed by atoms with Crippen LogP contribution < -0.4 is 5.32 Å². The summed E-state index contributed by atoms with van der Waals surface area (Å²) in [5.41, 5.74) is 3.35. The van der Waals surface area contributed by atoms with Gasteiger partial charge in [-0.25, -0.2) is 0 Å². The topological polar surface area (TPSA) is 71.4 Å². The Balaban J connectivity index is 1.38. The second kappa shape index (κ2) is 10.3. The number of aromatic nitrogens is 1. The number of nitrogens with zero attached hydrogens (tertiary/aromatic N) is 2. The third-order valence-corrected chi connectivity index (χ3v) is 7.51. The summed E-state index contributed by atoms with van der Waals surface area (Å²) < 4.78 is 2.95. The van der Waals surface area contributed by atoms with E-state index in [2.05, 4.69) is 25.8 Å². The number of amides is 3. The quantitative estimate of drug-likeness (QED) is 0.255. The van der Waals surface area contributed by atoms with Crippen LogP contribution in [0.3, 0.4) is 0 Å². The molecule has 6 nitrogen and oxygen atoms in total. The number of carbonyl (C=O) groups is 3. The fourth-order valence-corrected chi connectivity index (χ4v) is 5.28. The molecule has 1 fully saturated rings. The molecule has 9 heteroatoms. The number of nitrogens with one attached hydrogen (secondary N) is 1. The smallest absolute Gasteiger partial charge is 0.294 e. The highest BCUT2D eigenvalue weighted by molar-refractivity contribution is 9.10. The minimum atomic E-state index is -0.487. The number of benzene rings is 3. The van der Waals surface area contributed by atoms with E-state index in [9.17, 15) is 14.4 Å². The number of imide groups is 1. The zero-order valence-electron chi connectivity index (χ0n) is 18.8. The van der Waals surface area contributed by atoms with E-state index in [0.29, 0.717) is 17.3 Å². The molecule has 180 valence electrons. The molecule has 0 saturated carbocycles. The molecule has 4 aromatic rings. The minimum absolute atomic E-state index is 0.275. The van der Waals surface area contributed by atoms with Gasteiger partial charge in [0.2, 0.25) is 5.91 Å². The van der Waals surface area contributed by atoms with Gasteiger partial charge in [0.05, 0.1) is 4.91 Å². The van der Waals surface area contributed by atoms with E-state index < -0.39 is 17.1 Å². The van der Waals surface area contributed by atoms with Crippen molar-refractivity contribution in [2.75, 3.05) is 11.9 Å². The van der Waals surface area contributed by atoms with E-state index in [0.717, 1.165) is 43.2 Å². The van der Waals surface area contributed by atoms with Gasteiger partial charge in [-0.3, -0.25) is 19.3 Å². The summed E-state index contributed by atoms with van der Waals surface area (Å²) in [6.07, 6.45) is 3.66. The van der Waals surface area contributed by atoms with Crippen LogP contribution in [0.4, 0.5) is 10.5 Å². The molecule has 36 heavy (non-hydrogen) atoms. The van der Waals surface area contributed by atoms with Crippen molar-refractivity contribution >= 4 is 79.0 Å². The number of halogens is 2. The predicted octanol–water partition coefficient (Wildman–Crippen LogP) is 6.78. The molecule has 0 aliphatic carbocycles. The van der Waals surface area contributed by atoms with Crippen LogP contribution in [-0.2, 0) is 16.1 Å². The van der Waals surface area contributed by atoms with Gasteiger partial charge in [0.15, 0.2) is 0 Å². The molecule has 0 bridgehead atoms. The number of hydrogen-bond acceptors (Lipinski definition) is 4. The van der Waals surface area contributed by atoms with Gasteiger partial charge in [-0.05, 0) is 59.8 Å². The summed E-state index contributed by atoms with van der Waals surface area (Å²) in [6, 6.07) is 22.6. The number of fused-ring (bicyclic) bond motifs is 1. The lowest BCUT2D eigenvalue weighted by Crippen LogP contribution is -2.36. The van der Waals surface area contributed by atoms with Crippen molar-refractivity contribution in [1.82, 2.24) is 9.47 Å². The van der Waals surface area contributed by atoms with Crippen LogP contribution in [0.5, 0.6) is 0 Å². The second-order valence-corrected chi connectivity index (χ2v) is 10.5. The maximum atomic E-state index is 13.0. The van der Waals surface area contributed by atoms with E-state index in [1.54, 1.807) is 30.3 Å². The summed E-state index contributed by atoms with van der Waals surface area (Å²) in [5, 5.41) is 3.86. The van der Waals surface area contributed by atoms with Crippen molar-refractivity contribution < 1.29 is 14.4 Å². The Hall–Kier alpha value is -3.33. The first-order valence-corrected chi connectivity index (χ1v) is 13.0. The summed E-state index contributed by atoms with van der Waals surface area (Å²) in [6.45, 7) is 0.206. The van der Waals surface area contributed by atoms with Crippen molar-refractivity contribution in [2.24, 2.45) is 0 Å². The van der Waals surface area contributed by atoms with Crippen molar-refractivity contribution in [3.05, 3.63) is 105 Å². The maximum absolute atomic E-state index is 13.0. The molecule has 2 heterocycles. The number of carbonyl (C=O) groups excluding carboxylic acids is 3. The first-order chi connectivity index (χ1) is 17.4. The van der Waals surface area contributed by atoms with Gasteiger partial charge in [-0.15, -0.1) is 0 Å². The van der Waals surface area contributed by atoms with Gasteiger partial charge in [0.25, 0.3) is 11.1 Å². The van der Waals surface area contributed by atoms with E-state index >= 15 is 0 Å². The predicted molar refractivity (Wildman–Crippen MR) is 148 cm³/mol. The molecule has 0 unspecified atom stereocenters. The highest BCUT2D eigenvalue weighted by Gasteiger charge is 2.36. The number of thioether (sulfide) groups is 1. The van der Waals surface area contributed by atoms with Gasteiger partial charge in [-0.2, -0.15) is 0 Å². The zero-order valence-corrected chi connectivity index (χ0v) is 21.9. The summed E-state index contributed by atoms with van der Waals surface area (Å²) in [7, 11) is 0. The number of rotatable bonds is 6. The average molecular weight is 581 g/mol. The third kappa shape index (κ3) is 5.11. The Labute approximate surface area is 225 Å². The summed E-state index contributed by atoms with van der Waals surface area (Å²) in [4.78, 5) is 39.3. The van der Waals surface area contributed by atoms with Crippen LogP contribution >= 0.6 is 39.3 Å². The van der Waals surface area contributed by atoms with Crippen LogP contribution in [0.2, 0.25) is 5.02 Å². The monoisotopic (exact) mass is 579 g/mol. The molecule has 1 saturated heterocycles. The van der Waals surface area contributed by atoms with E-state index in [-0.39, 0.29) is 11.4 Å². The Bertz CT molecular complexity index is 1530. The molecule has 0 atom stereocenters. The van der Waals surface area contributed by atoms with Crippen LogP contribution in [0.1, 0.15) is 11.1 Å². The molecular weight excluding hydrogens is 562 g/mol. The van der Waals surface area contributed by atoms with Crippen molar-refractivity contribution in [3.8, 4) is 0 Å². The molecule has 3 aromatic carbocycles. The van der Waals surface area contributed by atoms with Gasteiger partial charge >= 0.3 is 0 Å². The zero-order chi connectivity index (χ0) is 25.2. The first kappa shape index (κ1) is 24.4. The maximum Gasteiger partial charge on any atom is 0.294 e. The number of hydrogen-bond donors (Lipinski definition) is 1. The molecule has 1 aromatic heterocycles. The van der Waals surface area contributed by atoms with E-state index in [4.69, 9.17) is 11.6 Å². The molecule has 1 N–H and O–H groups in total. The lowest BCUT2D eigenvalue weighted by atomic mass is 10.1. The third-order valence-electron chi connectivity index (χ3n) is 5.71. The largest absolute Gasteiger partial charge is 0.342 e. The second-order valence-electron chi connectivity index (χ2n) is 8.14. The SMILES string of the molecule is O=C(CN1C(=O)S/C(=C/c2cn(Cc3ccccc3Cl)c3ccccc23)C1=O)Nc1ccc(Br)cc1. The van der Waals surface area contributed by atoms with Crippen molar-refractivity contribution in [3.63, 3.8) is 0 Å². The van der Waals surface area contributed by atoms with Gasteiger partial charge in [0, 0.05) is 44.4 Å². The summed E-state index contributed by atoms with van der Waals surface area (Å²) >= 11 is 10.5. The highest BCUT2D eigenvalue weighted by atomic mass is 79.9. The van der Waals surface area contributed by atoms with Crippen LogP contribution in [-0.4, -0.2) is 33.1 Å². The Morgan fingerprint density at radius 1 is 1.00 bits per heavy atom. The normalized spacial score (nSPS) is 14.7. The fourth-order valence-electron chi connectivity index (χ4n) is 3.99. The first-order valence-electron chi connectivity index (χ1n) is 11.0. The van der Waals surface area contributed by atoms with E-state index in [1.807, 2.05) is 54.7 Å². The lowest BCUT2D eigenvalue weighted by Gasteiger charge is -2.12. The minimum Gasteiger partial charge on any atom is -0.342 e. The van der Waals surface area contributed by atoms with Crippen LogP contribution in [0, 0.1) is 0 Å². The van der Waals surface area contributed by atoms with E-state index in [1.165, 1.54) is 0 Å². The van der Waals surface area contributed by atoms with Crippen molar-refractivity contribution in [2.45, 2.75) is 6.54 Å². The van der Waals surface area contributed by atoms with Gasteiger partial charge < -0.3 is 9.88 Å². The van der Waals surface area contributed by atoms with Crippen LogP contribution in [0.15, 0.2) is 88.4 Å². The molecular formula is C27H19BrClN3O3S. The lowest BCUT2D eigenvalue weighted by molar-refractivity contribution is -0.127. The highest BCUT2D eigenvalue weighted by Crippen LogP contribution is 2.34. The molecule has 3 amide bonds. The fraction of sp³-hybridized carbons (Fsp3) is 0.0741. The Morgan fingerprint density at radius 3 is 2.50 bits per heavy atom. The average Bonchev–Trinajstić information content (AvgIpc) is 3.34. The molecule has 5 rings (SSSR count). The number of para-hydroxylation sites is 1. The summed E-state index contributed by atoms with van der Waals surface area (Å²) in [5.74, 6) is -0.934. The molecule has 1 aliphatic rings.